The normalized spacial score (nSPS) is 14.0. The second-order valence-corrected chi connectivity index (χ2v) is 5.68. The van der Waals surface area contributed by atoms with Crippen LogP contribution in [0.2, 0.25) is 0 Å². The van der Waals surface area contributed by atoms with Crippen molar-refractivity contribution in [3.05, 3.63) is 42.5 Å². The van der Waals surface area contributed by atoms with E-state index in [0.717, 1.165) is 33.5 Å². The molecule has 0 aliphatic carbocycles. The lowest BCUT2D eigenvalue weighted by atomic mass is 10.3. The maximum absolute atomic E-state index is 5.93. The second-order valence-electron chi connectivity index (χ2n) is 4.60. The molecule has 3 rings (SSSR count). The highest BCUT2D eigenvalue weighted by atomic mass is 32.2. The Morgan fingerprint density at radius 2 is 1.89 bits per heavy atom. The fourth-order valence-electron chi connectivity index (χ4n) is 1.90. The summed E-state index contributed by atoms with van der Waals surface area (Å²) >= 11 is 1.74. The molecule has 2 aromatic rings. The Morgan fingerprint density at radius 3 is 2.74 bits per heavy atom. The molecule has 0 aromatic heterocycles. The number of benzene rings is 2. The SMILES string of the molecule is CCC(C)Oc1ccc2c(c1)Oc1ccccc1S2. The van der Waals surface area contributed by atoms with E-state index in [9.17, 15) is 0 Å². The quantitative estimate of drug-likeness (QED) is 0.659. The van der Waals surface area contributed by atoms with Crippen molar-refractivity contribution in [1.29, 1.82) is 0 Å². The molecule has 0 saturated carbocycles. The Labute approximate surface area is 117 Å². The summed E-state index contributed by atoms with van der Waals surface area (Å²) in [4.78, 5) is 2.29. The van der Waals surface area contributed by atoms with Crippen LogP contribution in [0.5, 0.6) is 17.2 Å². The molecule has 0 saturated heterocycles. The van der Waals surface area contributed by atoms with Crippen molar-refractivity contribution in [2.24, 2.45) is 0 Å². The van der Waals surface area contributed by atoms with Gasteiger partial charge < -0.3 is 9.47 Å². The van der Waals surface area contributed by atoms with Crippen LogP contribution >= 0.6 is 11.8 Å². The molecule has 0 fully saturated rings. The minimum Gasteiger partial charge on any atom is -0.491 e. The summed E-state index contributed by atoms with van der Waals surface area (Å²) in [6, 6.07) is 14.1. The molecule has 0 radical (unpaired) electrons. The Morgan fingerprint density at radius 1 is 1.11 bits per heavy atom. The van der Waals surface area contributed by atoms with Crippen LogP contribution in [0.4, 0.5) is 0 Å². The van der Waals surface area contributed by atoms with Crippen LogP contribution in [0, 0.1) is 0 Å². The molecule has 2 nitrogen and oxygen atoms in total. The van der Waals surface area contributed by atoms with Crippen LogP contribution in [0.15, 0.2) is 52.3 Å². The molecular weight excluding hydrogens is 256 g/mol. The third-order valence-corrected chi connectivity index (χ3v) is 4.23. The number of hydrogen-bond donors (Lipinski definition) is 0. The van der Waals surface area contributed by atoms with Gasteiger partial charge >= 0.3 is 0 Å². The van der Waals surface area contributed by atoms with Gasteiger partial charge in [0.25, 0.3) is 0 Å². The molecule has 3 heteroatoms. The molecule has 19 heavy (non-hydrogen) atoms. The maximum atomic E-state index is 5.93. The summed E-state index contributed by atoms with van der Waals surface area (Å²) in [6.45, 7) is 4.19. The Hall–Kier alpha value is -1.61. The first-order valence-corrected chi connectivity index (χ1v) is 7.33. The van der Waals surface area contributed by atoms with E-state index >= 15 is 0 Å². The average Bonchev–Trinajstić information content (AvgIpc) is 2.45. The minimum atomic E-state index is 0.224. The summed E-state index contributed by atoms with van der Waals surface area (Å²) in [5.41, 5.74) is 0. The van der Waals surface area contributed by atoms with E-state index < -0.39 is 0 Å². The molecule has 98 valence electrons. The number of ether oxygens (including phenoxy) is 2. The predicted octanol–water partition coefficient (Wildman–Crippen LogP) is 5.12. The van der Waals surface area contributed by atoms with Gasteiger partial charge in [-0.15, -0.1) is 0 Å². The molecule has 1 atom stereocenters. The van der Waals surface area contributed by atoms with Gasteiger partial charge in [-0.05, 0) is 37.6 Å². The molecule has 2 aromatic carbocycles. The van der Waals surface area contributed by atoms with Gasteiger partial charge in [0, 0.05) is 6.07 Å². The molecule has 1 aliphatic heterocycles. The Bertz CT molecular complexity index is 595. The van der Waals surface area contributed by atoms with Gasteiger partial charge in [0.2, 0.25) is 0 Å². The van der Waals surface area contributed by atoms with Gasteiger partial charge in [-0.3, -0.25) is 0 Å². The highest BCUT2D eigenvalue weighted by molar-refractivity contribution is 7.99. The van der Waals surface area contributed by atoms with E-state index in [2.05, 4.69) is 26.0 Å². The maximum Gasteiger partial charge on any atom is 0.145 e. The monoisotopic (exact) mass is 272 g/mol. The van der Waals surface area contributed by atoms with Crippen LogP contribution in [0.25, 0.3) is 0 Å². The van der Waals surface area contributed by atoms with E-state index in [4.69, 9.17) is 9.47 Å². The van der Waals surface area contributed by atoms with Crippen molar-refractivity contribution in [2.45, 2.75) is 36.2 Å². The first-order valence-electron chi connectivity index (χ1n) is 6.51. The fraction of sp³-hybridized carbons (Fsp3) is 0.250. The summed E-state index contributed by atoms with van der Waals surface area (Å²) < 4.78 is 11.8. The van der Waals surface area contributed by atoms with Gasteiger partial charge in [0.15, 0.2) is 0 Å². The first kappa shape index (κ1) is 12.4. The van der Waals surface area contributed by atoms with Crippen molar-refractivity contribution in [3.63, 3.8) is 0 Å². The highest BCUT2D eigenvalue weighted by Gasteiger charge is 2.18. The summed E-state index contributed by atoms with van der Waals surface area (Å²) in [7, 11) is 0. The van der Waals surface area contributed by atoms with Gasteiger partial charge in [-0.2, -0.15) is 0 Å². The van der Waals surface area contributed by atoms with Crippen molar-refractivity contribution in [3.8, 4) is 17.2 Å². The molecular formula is C16H16O2S. The smallest absolute Gasteiger partial charge is 0.145 e. The van der Waals surface area contributed by atoms with E-state index in [-0.39, 0.29) is 6.10 Å². The molecule has 0 spiro atoms. The van der Waals surface area contributed by atoms with Crippen LogP contribution < -0.4 is 9.47 Å². The number of hydrogen-bond acceptors (Lipinski definition) is 3. The van der Waals surface area contributed by atoms with Crippen LogP contribution in [0.1, 0.15) is 20.3 Å². The van der Waals surface area contributed by atoms with Gasteiger partial charge in [0.1, 0.15) is 17.2 Å². The molecule has 0 amide bonds. The number of fused-ring (bicyclic) bond motifs is 2. The van der Waals surface area contributed by atoms with Crippen molar-refractivity contribution < 1.29 is 9.47 Å². The van der Waals surface area contributed by atoms with Gasteiger partial charge in [-0.25, -0.2) is 0 Å². The largest absolute Gasteiger partial charge is 0.491 e. The molecule has 1 heterocycles. The van der Waals surface area contributed by atoms with Crippen LogP contribution in [-0.4, -0.2) is 6.10 Å². The lowest BCUT2D eigenvalue weighted by molar-refractivity contribution is 0.216. The van der Waals surface area contributed by atoms with Crippen LogP contribution in [-0.2, 0) is 0 Å². The zero-order valence-electron chi connectivity index (χ0n) is 11.1. The number of rotatable bonds is 3. The zero-order valence-corrected chi connectivity index (χ0v) is 11.9. The van der Waals surface area contributed by atoms with Crippen molar-refractivity contribution in [1.82, 2.24) is 0 Å². The average molecular weight is 272 g/mol. The standard InChI is InChI=1S/C16H16O2S/c1-3-11(2)17-12-8-9-16-14(10-12)18-13-6-4-5-7-15(13)19-16/h4-11H,3H2,1-2H3. The molecule has 0 N–H and O–H groups in total. The zero-order chi connectivity index (χ0) is 13.2. The lowest BCUT2D eigenvalue weighted by Crippen LogP contribution is -2.09. The van der Waals surface area contributed by atoms with E-state index in [0.29, 0.717) is 0 Å². The molecule has 1 unspecified atom stereocenters. The Kier molecular flexibility index (Phi) is 3.38. The van der Waals surface area contributed by atoms with Crippen LogP contribution in [0.3, 0.4) is 0 Å². The minimum absolute atomic E-state index is 0.224. The Balaban J connectivity index is 1.87. The summed E-state index contributed by atoms with van der Waals surface area (Å²) in [5, 5.41) is 0. The lowest BCUT2D eigenvalue weighted by Gasteiger charge is -2.20. The third kappa shape index (κ3) is 2.56. The predicted molar refractivity (Wildman–Crippen MR) is 77.5 cm³/mol. The molecule has 0 bridgehead atoms. The topological polar surface area (TPSA) is 18.5 Å². The fourth-order valence-corrected chi connectivity index (χ4v) is 2.83. The van der Waals surface area contributed by atoms with Crippen molar-refractivity contribution in [2.75, 3.05) is 0 Å². The van der Waals surface area contributed by atoms with E-state index in [1.165, 1.54) is 0 Å². The van der Waals surface area contributed by atoms with Crippen molar-refractivity contribution >= 4 is 11.8 Å². The van der Waals surface area contributed by atoms with Gasteiger partial charge in [-0.1, -0.05) is 30.8 Å². The van der Waals surface area contributed by atoms with Gasteiger partial charge in [0.05, 0.1) is 15.9 Å². The van der Waals surface area contributed by atoms with E-state index in [1.807, 2.05) is 30.3 Å². The van der Waals surface area contributed by atoms with E-state index in [1.54, 1.807) is 11.8 Å². The first-order chi connectivity index (χ1) is 9.26. The summed E-state index contributed by atoms with van der Waals surface area (Å²) in [5.74, 6) is 2.67. The second kappa shape index (κ2) is 5.17. The number of para-hydroxylation sites is 1. The summed E-state index contributed by atoms with van der Waals surface area (Å²) in [6.07, 6.45) is 1.22. The third-order valence-electron chi connectivity index (χ3n) is 3.12. The molecule has 1 aliphatic rings. The highest BCUT2D eigenvalue weighted by Crippen LogP contribution is 2.47.